The number of non-ortho nitro benzene ring substituents is 1. The largest absolute Gasteiger partial charge is 0.497 e. The topological polar surface area (TPSA) is 90.7 Å². The maximum atomic E-state index is 12.3. The van der Waals surface area contributed by atoms with Gasteiger partial charge >= 0.3 is 0 Å². The number of anilines is 1. The molecule has 1 N–H and O–H groups in total. The maximum absolute atomic E-state index is 12.3. The SMILES string of the molecule is COc1ccc(C(C)CC(=O)Nc2cc([N+](=O)[O-])ccc2Cl)c(OC)c1. The van der Waals surface area contributed by atoms with Crippen LogP contribution in [0.3, 0.4) is 0 Å². The number of amides is 1. The molecular weight excluding hydrogens is 360 g/mol. The number of carbonyl (C=O) groups is 1. The predicted octanol–water partition coefficient (Wildman–Crippen LogP) is 4.40. The van der Waals surface area contributed by atoms with E-state index in [0.29, 0.717) is 11.5 Å². The van der Waals surface area contributed by atoms with Crippen LogP contribution in [-0.4, -0.2) is 25.1 Å². The molecule has 1 unspecified atom stereocenters. The Labute approximate surface area is 156 Å². The van der Waals surface area contributed by atoms with Crippen molar-refractivity contribution in [1.29, 1.82) is 0 Å². The molecule has 0 aromatic heterocycles. The Hall–Kier alpha value is -2.80. The number of hydrogen-bond acceptors (Lipinski definition) is 5. The lowest BCUT2D eigenvalue weighted by Crippen LogP contribution is -2.15. The quantitative estimate of drug-likeness (QED) is 0.569. The highest BCUT2D eigenvalue weighted by atomic mass is 35.5. The van der Waals surface area contributed by atoms with Gasteiger partial charge in [0.1, 0.15) is 11.5 Å². The molecule has 0 saturated heterocycles. The van der Waals surface area contributed by atoms with E-state index in [4.69, 9.17) is 21.1 Å². The minimum atomic E-state index is -0.545. The first-order valence-corrected chi connectivity index (χ1v) is 8.19. The Morgan fingerprint density at radius 3 is 2.58 bits per heavy atom. The van der Waals surface area contributed by atoms with Gasteiger partial charge in [0.15, 0.2) is 0 Å². The molecule has 0 aliphatic heterocycles. The number of nitrogens with zero attached hydrogens (tertiary/aromatic N) is 1. The van der Waals surface area contributed by atoms with E-state index in [2.05, 4.69) is 5.32 Å². The number of methoxy groups -OCH3 is 2. The second-order valence-corrected chi connectivity index (χ2v) is 6.09. The third-order valence-corrected chi connectivity index (χ3v) is 4.23. The third kappa shape index (κ3) is 4.64. The summed E-state index contributed by atoms with van der Waals surface area (Å²) in [7, 11) is 3.11. The summed E-state index contributed by atoms with van der Waals surface area (Å²) in [4.78, 5) is 22.7. The van der Waals surface area contributed by atoms with E-state index < -0.39 is 4.92 Å². The zero-order valence-electron chi connectivity index (χ0n) is 14.6. The summed E-state index contributed by atoms with van der Waals surface area (Å²) in [5, 5.41) is 13.7. The standard InChI is InChI=1S/C18H19ClN2O5/c1-11(14-6-5-13(25-2)10-17(14)26-3)8-18(22)20-16-9-12(21(23)24)4-7-15(16)19/h4-7,9-11H,8H2,1-3H3,(H,20,22). The van der Waals surface area contributed by atoms with Crippen LogP contribution in [0.25, 0.3) is 0 Å². The monoisotopic (exact) mass is 378 g/mol. The molecular formula is C18H19ClN2O5. The van der Waals surface area contributed by atoms with Crippen LogP contribution in [-0.2, 0) is 4.79 Å². The van der Waals surface area contributed by atoms with E-state index in [1.54, 1.807) is 26.4 Å². The Morgan fingerprint density at radius 2 is 1.96 bits per heavy atom. The van der Waals surface area contributed by atoms with Crippen molar-refractivity contribution >= 4 is 28.9 Å². The second-order valence-electron chi connectivity index (χ2n) is 5.68. The summed E-state index contributed by atoms with van der Waals surface area (Å²) in [6, 6.07) is 9.29. The Morgan fingerprint density at radius 1 is 1.23 bits per heavy atom. The molecule has 0 radical (unpaired) electrons. The van der Waals surface area contributed by atoms with Gasteiger partial charge in [0.2, 0.25) is 5.91 Å². The predicted molar refractivity (Wildman–Crippen MR) is 99.3 cm³/mol. The van der Waals surface area contributed by atoms with Gasteiger partial charge in [-0.1, -0.05) is 24.6 Å². The number of benzene rings is 2. The number of rotatable bonds is 7. The highest BCUT2D eigenvalue weighted by molar-refractivity contribution is 6.33. The summed E-state index contributed by atoms with van der Waals surface area (Å²) in [5.74, 6) is 0.828. The van der Waals surface area contributed by atoms with Crippen molar-refractivity contribution in [2.45, 2.75) is 19.3 Å². The summed E-state index contributed by atoms with van der Waals surface area (Å²) >= 11 is 6.01. The van der Waals surface area contributed by atoms with Crippen LogP contribution >= 0.6 is 11.6 Å². The molecule has 0 heterocycles. The van der Waals surface area contributed by atoms with Gasteiger partial charge < -0.3 is 14.8 Å². The fourth-order valence-electron chi connectivity index (χ4n) is 2.54. The first-order valence-electron chi connectivity index (χ1n) is 7.81. The van der Waals surface area contributed by atoms with Crippen LogP contribution in [0, 0.1) is 10.1 Å². The highest BCUT2D eigenvalue weighted by Gasteiger charge is 2.18. The van der Waals surface area contributed by atoms with Gasteiger partial charge in [-0.3, -0.25) is 14.9 Å². The van der Waals surface area contributed by atoms with Crippen LogP contribution in [0.1, 0.15) is 24.8 Å². The Balaban J connectivity index is 2.13. The van der Waals surface area contributed by atoms with Crippen LogP contribution in [0.5, 0.6) is 11.5 Å². The maximum Gasteiger partial charge on any atom is 0.271 e. The highest BCUT2D eigenvalue weighted by Crippen LogP contribution is 2.33. The van der Waals surface area contributed by atoms with E-state index in [-0.39, 0.29) is 34.6 Å². The number of ether oxygens (including phenoxy) is 2. The number of nitro benzene ring substituents is 1. The summed E-state index contributed by atoms with van der Waals surface area (Å²) in [5.41, 5.74) is 0.919. The molecule has 0 fully saturated rings. The van der Waals surface area contributed by atoms with Crippen LogP contribution < -0.4 is 14.8 Å². The zero-order valence-corrected chi connectivity index (χ0v) is 15.4. The number of carbonyl (C=O) groups excluding carboxylic acids is 1. The van der Waals surface area contributed by atoms with Crippen molar-refractivity contribution in [3.8, 4) is 11.5 Å². The van der Waals surface area contributed by atoms with Crippen LogP contribution in [0.15, 0.2) is 36.4 Å². The number of nitrogens with one attached hydrogen (secondary N) is 1. The molecule has 2 rings (SSSR count). The van der Waals surface area contributed by atoms with Gasteiger partial charge in [0.05, 0.1) is 29.9 Å². The minimum absolute atomic E-state index is 0.144. The Bertz CT molecular complexity index is 825. The van der Waals surface area contributed by atoms with E-state index in [0.717, 1.165) is 5.56 Å². The van der Waals surface area contributed by atoms with Crippen molar-refractivity contribution in [2.24, 2.45) is 0 Å². The summed E-state index contributed by atoms with van der Waals surface area (Å²) < 4.78 is 10.5. The molecule has 1 amide bonds. The molecule has 138 valence electrons. The fourth-order valence-corrected chi connectivity index (χ4v) is 2.70. The van der Waals surface area contributed by atoms with E-state index in [1.165, 1.54) is 18.2 Å². The van der Waals surface area contributed by atoms with Crippen LogP contribution in [0.2, 0.25) is 5.02 Å². The number of halogens is 1. The lowest BCUT2D eigenvalue weighted by Gasteiger charge is -2.16. The molecule has 0 bridgehead atoms. The molecule has 8 heteroatoms. The molecule has 7 nitrogen and oxygen atoms in total. The number of nitro groups is 1. The molecule has 2 aromatic rings. The van der Waals surface area contributed by atoms with Gasteiger partial charge in [-0.15, -0.1) is 0 Å². The molecule has 0 aliphatic rings. The van der Waals surface area contributed by atoms with Crippen molar-refractivity contribution in [2.75, 3.05) is 19.5 Å². The number of hydrogen-bond donors (Lipinski definition) is 1. The molecule has 0 saturated carbocycles. The van der Waals surface area contributed by atoms with E-state index >= 15 is 0 Å². The van der Waals surface area contributed by atoms with Crippen molar-refractivity contribution in [1.82, 2.24) is 0 Å². The summed E-state index contributed by atoms with van der Waals surface area (Å²) in [6.45, 7) is 1.89. The first-order chi connectivity index (χ1) is 12.3. The summed E-state index contributed by atoms with van der Waals surface area (Å²) in [6.07, 6.45) is 0.154. The van der Waals surface area contributed by atoms with Gasteiger partial charge in [-0.2, -0.15) is 0 Å². The third-order valence-electron chi connectivity index (χ3n) is 3.90. The zero-order chi connectivity index (χ0) is 19.3. The molecule has 0 spiro atoms. The molecule has 26 heavy (non-hydrogen) atoms. The van der Waals surface area contributed by atoms with Crippen LogP contribution in [0.4, 0.5) is 11.4 Å². The normalized spacial score (nSPS) is 11.5. The van der Waals surface area contributed by atoms with Gasteiger partial charge in [0, 0.05) is 24.6 Å². The smallest absolute Gasteiger partial charge is 0.271 e. The van der Waals surface area contributed by atoms with E-state index in [1.807, 2.05) is 13.0 Å². The van der Waals surface area contributed by atoms with Crippen molar-refractivity contribution in [3.63, 3.8) is 0 Å². The van der Waals surface area contributed by atoms with Gasteiger partial charge in [-0.25, -0.2) is 0 Å². The lowest BCUT2D eigenvalue weighted by molar-refractivity contribution is -0.384. The average Bonchev–Trinajstić information content (AvgIpc) is 2.62. The average molecular weight is 379 g/mol. The fraction of sp³-hybridized carbons (Fsp3) is 0.278. The Kier molecular flexibility index (Phi) is 6.41. The van der Waals surface area contributed by atoms with Crippen molar-refractivity contribution < 1.29 is 19.2 Å². The molecule has 1 atom stereocenters. The molecule has 2 aromatic carbocycles. The minimum Gasteiger partial charge on any atom is -0.497 e. The van der Waals surface area contributed by atoms with Gasteiger partial charge in [0.25, 0.3) is 5.69 Å². The molecule has 0 aliphatic carbocycles. The first kappa shape index (κ1) is 19.5. The second kappa shape index (κ2) is 8.53. The lowest BCUT2D eigenvalue weighted by atomic mass is 9.96. The van der Waals surface area contributed by atoms with Gasteiger partial charge in [-0.05, 0) is 23.6 Å². The van der Waals surface area contributed by atoms with Crippen molar-refractivity contribution in [3.05, 3.63) is 57.1 Å². The van der Waals surface area contributed by atoms with E-state index in [9.17, 15) is 14.9 Å².